The molecule has 0 heterocycles. The topological polar surface area (TPSA) is 77.8 Å². The highest BCUT2D eigenvalue weighted by Crippen LogP contribution is 2.42. The highest BCUT2D eigenvalue weighted by atomic mass is 16.4. The van der Waals surface area contributed by atoms with Crippen molar-refractivity contribution in [3.8, 4) is 0 Å². The predicted molar refractivity (Wildman–Crippen MR) is 112 cm³/mol. The fraction of sp³-hybridized carbons (Fsp3) is 0.625. The zero-order valence-electron chi connectivity index (χ0n) is 17.1. The van der Waals surface area contributed by atoms with Crippen LogP contribution < -0.4 is 0 Å². The van der Waals surface area contributed by atoms with Crippen LogP contribution >= 0.6 is 0 Å². The van der Waals surface area contributed by atoms with Crippen molar-refractivity contribution in [2.45, 2.75) is 89.3 Å². The normalized spacial score (nSPS) is 23.3. The monoisotopic (exact) mass is 388 g/mol. The largest absolute Gasteiger partial charge is 0.481 e. The molecule has 1 aromatic carbocycles. The first-order chi connectivity index (χ1) is 13.5. The molecule has 0 saturated heterocycles. The van der Waals surface area contributed by atoms with Crippen LogP contribution in [0.4, 0.5) is 0 Å². The van der Waals surface area contributed by atoms with Crippen LogP contribution in [0.15, 0.2) is 36.4 Å². The Labute approximate surface area is 169 Å². The van der Waals surface area contributed by atoms with Gasteiger partial charge in [-0.2, -0.15) is 0 Å². The lowest BCUT2D eigenvalue weighted by Crippen LogP contribution is -2.17. The molecule has 1 aromatic rings. The summed E-state index contributed by atoms with van der Waals surface area (Å²) in [5.74, 6) is -0.202. The molecule has 0 aliphatic heterocycles. The number of carbonyl (C=O) groups is 1. The van der Waals surface area contributed by atoms with Gasteiger partial charge in [0.1, 0.15) is 0 Å². The van der Waals surface area contributed by atoms with Gasteiger partial charge in [0.05, 0.1) is 12.2 Å². The second kappa shape index (κ2) is 12.0. The second-order valence-electron chi connectivity index (χ2n) is 8.10. The Bertz CT molecular complexity index is 608. The maximum Gasteiger partial charge on any atom is 0.303 e. The first-order valence-electron chi connectivity index (χ1n) is 10.9. The van der Waals surface area contributed by atoms with Crippen molar-refractivity contribution in [1.29, 1.82) is 0 Å². The standard InChI is InChI=1S/C24H36O4/c1-2-3-6-10-21(25)18-12-14-20(15-13-18)24-19(16-17-22(24)26)9-7-4-5-8-11-23(27)28/h4,7,12-15,19,21-22,24-26H,2-3,5-6,8-11,16-17H2,1H3,(H,27,28). The van der Waals surface area contributed by atoms with Crippen LogP contribution in [0.1, 0.15) is 94.3 Å². The average molecular weight is 389 g/mol. The number of rotatable bonds is 12. The fourth-order valence-electron chi connectivity index (χ4n) is 4.27. The first-order valence-corrected chi connectivity index (χ1v) is 10.9. The lowest BCUT2D eigenvalue weighted by molar-refractivity contribution is -0.137. The molecule has 4 nitrogen and oxygen atoms in total. The maximum atomic E-state index is 10.5. The van der Waals surface area contributed by atoms with Crippen LogP contribution in [0.2, 0.25) is 0 Å². The molecule has 3 N–H and O–H groups in total. The van der Waals surface area contributed by atoms with Crippen molar-refractivity contribution in [3.63, 3.8) is 0 Å². The average Bonchev–Trinajstić information content (AvgIpc) is 3.05. The van der Waals surface area contributed by atoms with E-state index in [4.69, 9.17) is 5.11 Å². The Morgan fingerprint density at radius 1 is 1.14 bits per heavy atom. The van der Waals surface area contributed by atoms with Gasteiger partial charge in [-0.15, -0.1) is 0 Å². The van der Waals surface area contributed by atoms with Gasteiger partial charge in [-0.05, 0) is 55.6 Å². The molecule has 0 spiro atoms. The molecular weight excluding hydrogens is 352 g/mol. The van der Waals surface area contributed by atoms with E-state index in [1.54, 1.807) is 0 Å². The van der Waals surface area contributed by atoms with E-state index in [2.05, 4.69) is 31.2 Å². The highest BCUT2D eigenvalue weighted by Gasteiger charge is 2.35. The molecule has 4 atom stereocenters. The van der Waals surface area contributed by atoms with Gasteiger partial charge >= 0.3 is 5.97 Å². The number of carboxylic acids is 1. The Morgan fingerprint density at radius 3 is 2.57 bits per heavy atom. The van der Waals surface area contributed by atoms with Crippen LogP contribution in [-0.4, -0.2) is 27.4 Å². The molecule has 0 radical (unpaired) electrons. The number of allylic oxidation sites excluding steroid dienone is 2. The van der Waals surface area contributed by atoms with Crippen molar-refractivity contribution in [2.24, 2.45) is 5.92 Å². The van der Waals surface area contributed by atoms with Gasteiger partial charge in [-0.25, -0.2) is 0 Å². The molecule has 2 rings (SSSR count). The van der Waals surface area contributed by atoms with Crippen LogP contribution in [0.25, 0.3) is 0 Å². The molecule has 1 aliphatic carbocycles. The molecule has 28 heavy (non-hydrogen) atoms. The van der Waals surface area contributed by atoms with Crippen LogP contribution in [0, 0.1) is 5.92 Å². The van der Waals surface area contributed by atoms with E-state index in [0.29, 0.717) is 12.3 Å². The second-order valence-corrected chi connectivity index (χ2v) is 8.10. The Hall–Kier alpha value is -1.65. The number of hydrogen-bond donors (Lipinski definition) is 3. The van der Waals surface area contributed by atoms with Crippen LogP contribution in [-0.2, 0) is 4.79 Å². The molecular formula is C24H36O4. The summed E-state index contributed by atoms with van der Waals surface area (Å²) in [6.45, 7) is 2.16. The van der Waals surface area contributed by atoms with E-state index in [-0.39, 0.29) is 18.4 Å². The minimum Gasteiger partial charge on any atom is -0.481 e. The minimum absolute atomic E-state index is 0.134. The predicted octanol–water partition coefficient (Wildman–Crippen LogP) is 5.36. The third-order valence-electron chi connectivity index (χ3n) is 5.91. The lowest BCUT2D eigenvalue weighted by atomic mass is 9.85. The zero-order valence-corrected chi connectivity index (χ0v) is 17.1. The number of hydrogen-bond acceptors (Lipinski definition) is 3. The fourth-order valence-corrected chi connectivity index (χ4v) is 4.27. The summed E-state index contributed by atoms with van der Waals surface area (Å²) in [6.07, 6.45) is 12.1. The number of aliphatic hydroxyl groups excluding tert-OH is 2. The molecule has 4 unspecified atom stereocenters. The molecule has 156 valence electrons. The molecule has 1 saturated carbocycles. The number of unbranched alkanes of at least 4 members (excludes halogenated alkanes) is 3. The first kappa shape index (κ1) is 22.6. The van der Waals surface area contributed by atoms with Crippen molar-refractivity contribution < 1.29 is 20.1 Å². The molecule has 0 aromatic heterocycles. The summed E-state index contributed by atoms with van der Waals surface area (Å²) < 4.78 is 0. The highest BCUT2D eigenvalue weighted by molar-refractivity contribution is 5.66. The van der Waals surface area contributed by atoms with E-state index in [9.17, 15) is 15.0 Å². The maximum absolute atomic E-state index is 10.5. The van der Waals surface area contributed by atoms with Gasteiger partial charge in [0.2, 0.25) is 0 Å². The summed E-state index contributed by atoms with van der Waals surface area (Å²) in [5, 5.41) is 29.5. The summed E-state index contributed by atoms with van der Waals surface area (Å²) in [5.41, 5.74) is 2.11. The van der Waals surface area contributed by atoms with Crippen LogP contribution in [0.5, 0.6) is 0 Å². The van der Waals surface area contributed by atoms with Gasteiger partial charge in [-0.3, -0.25) is 4.79 Å². The molecule has 0 amide bonds. The molecule has 4 heteroatoms. The number of aliphatic carboxylic acids is 1. The van der Waals surface area contributed by atoms with Gasteiger partial charge in [0, 0.05) is 12.3 Å². The molecule has 0 bridgehead atoms. The van der Waals surface area contributed by atoms with Gasteiger partial charge in [-0.1, -0.05) is 62.6 Å². The van der Waals surface area contributed by atoms with E-state index in [1.807, 2.05) is 12.1 Å². The quantitative estimate of drug-likeness (QED) is 0.333. The van der Waals surface area contributed by atoms with Gasteiger partial charge in [0.15, 0.2) is 0 Å². The van der Waals surface area contributed by atoms with Gasteiger partial charge < -0.3 is 15.3 Å². The van der Waals surface area contributed by atoms with Crippen molar-refractivity contribution >= 4 is 5.97 Å². The van der Waals surface area contributed by atoms with E-state index < -0.39 is 12.1 Å². The third kappa shape index (κ3) is 7.06. The van der Waals surface area contributed by atoms with Crippen LogP contribution in [0.3, 0.4) is 0 Å². The smallest absolute Gasteiger partial charge is 0.303 e. The van der Waals surface area contributed by atoms with Crippen molar-refractivity contribution in [1.82, 2.24) is 0 Å². The molecule has 1 aliphatic rings. The number of aliphatic hydroxyl groups is 2. The Morgan fingerprint density at radius 2 is 1.89 bits per heavy atom. The molecule has 1 fully saturated rings. The summed E-state index contributed by atoms with van der Waals surface area (Å²) in [4.78, 5) is 10.5. The Kier molecular flexibility index (Phi) is 9.72. The lowest BCUT2D eigenvalue weighted by Gasteiger charge is -2.22. The van der Waals surface area contributed by atoms with E-state index in [1.165, 1.54) is 0 Å². The van der Waals surface area contributed by atoms with Gasteiger partial charge in [0.25, 0.3) is 0 Å². The summed E-state index contributed by atoms with van der Waals surface area (Å²) in [6, 6.07) is 8.16. The SMILES string of the molecule is CCCCCC(O)c1ccc(C2C(O)CCC2CC=CCCCC(=O)O)cc1. The Balaban J connectivity index is 1.90. The minimum atomic E-state index is -0.744. The van der Waals surface area contributed by atoms with E-state index in [0.717, 1.165) is 62.5 Å². The zero-order chi connectivity index (χ0) is 20.4. The number of carboxylic acid groups (broad SMARTS) is 1. The van der Waals surface area contributed by atoms with Crippen molar-refractivity contribution in [3.05, 3.63) is 47.5 Å². The van der Waals surface area contributed by atoms with Crippen molar-refractivity contribution in [2.75, 3.05) is 0 Å². The third-order valence-corrected chi connectivity index (χ3v) is 5.91. The summed E-state index contributed by atoms with van der Waals surface area (Å²) >= 11 is 0. The van der Waals surface area contributed by atoms with E-state index >= 15 is 0 Å². The number of benzene rings is 1. The summed E-state index contributed by atoms with van der Waals surface area (Å²) in [7, 11) is 0.